The maximum Gasteiger partial charge on any atom is 0.255 e. The molecule has 0 N–H and O–H groups in total. The number of halogens is 3. The van der Waals surface area contributed by atoms with E-state index < -0.39 is 5.82 Å². The van der Waals surface area contributed by atoms with Crippen LogP contribution in [0.5, 0.6) is 0 Å². The maximum atomic E-state index is 13.4. The van der Waals surface area contributed by atoms with Gasteiger partial charge in [-0.2, -0.15) is 0 Å². The average molecular weight is 335 g/mol. The normalized spacial score (nSPS) is 15.3. The summed E-state index contributed by atoms with van der Waals surface area (Å²) in [7, 11) is 0. The molecule has 0 radical (unpaired) electrons. The van der Waals surface area contributed by atoms with Crippen LogP contribution < -0.4 is 0 Å². The van der Waals surface area contributed by atoms with E-state index in [2.05, 4.69) is 15.9 Å². The topological polar surface area (TPSA) is 20.3 Å². The molecule has 0 spiro atoms. The van der Waals surface area contributed by atoms with Gasteiger partial charge in [0.15, 0.2) is 0 Å². The van der Waals surface area contributed by atoms with Crippen LogP contribution in [-0.2, 0) is 0 Å². The molecule has 1 aromatic rings. The van der Waals surface area contributed by atoms with E-state index in [0.29, 0.717) is 18.0 Å². The van der Waals surface area contributed by atoms with Gasteiger partial charge in [0.25, 0.3) is 5.91 Å². The Bertz CT molecular complexity index is 451. The van der Waals surface area contributed by atoms with Crippen LogP contribution >= 0.6 is 27.5 Å². The molecular weight excluding hydrogens is 321 g/mol. The van der Waals surface area contributed by atoms with Crippen LogP contribution in [0.4, 0.5) is 4.39 Å². The van der Waals surface area contributed by atoms with Gasteiger partial charge in [0.05, 0.1) is 10.0 Å². The Morgan fingerprint density at radius 2 is 2.22 bits per heavy atom. The molecule has 1 fully saturated rings. The molecule has 5 heteroatoms. The standard InChI is InChI=1S/C13H14BrClFNO/c14-12-10(5-2-6-11(12)16)13(18)17(8-7-15)9-3-1-4-9/h2,5-6,9H,1,3-4,7-8H2. The first-order valence-electron chi connectivity index (χ1n) is 5.96. The summed E-state index contributed by atoms with van der Waals surface area (Å²) in [5.41, 5.74) is 0.368. The summed E-state index contributed by atoms with van der Waals surface area (Å²) < 4.78 is 13.7. The smallest absolute Gasteiger partial charge is 0.255 e. The number of nitrogens with zero attached hydrogens (tertiary/aromatic N) is 1. The predicted octanol–water partition coefficient (Wildman–Crippen LogP) is 3.82. The second-order valence-electron chi connectivity index (χ2n) is 4.37. The van der Waals surface area contributed by atoms with Gasteiger partial charge in [-0.05, 0) is 47.3 Å². The minimum absolute atomic E-state index is 0.147. The SMILES string of the molecule is O=C(c1cccc(F)c1Br)N(CCCl)C1CCC1. The molecule has 0 saturated heterocycles. The highest BCUT2D eigenvalue weighted by molar-refractivity contribution is 9.10. The molecule has 0 heterocycles. The lowest BCUT2D eigenvalue weighted by Gasteiger charge is -2.37. The van der Waals surface area contributed by atoms with Crippen molar-refractivity contribution in [2.75, 3.05) is 12.4 Å². The van der Waals surface area contributed by atoms with Crippen molar-refractivity contribution in [1.82, 2.24) is 4.90 Å². The Kier molecular flexibility index (Phi) is 4.62. The third kappa shape index (κ3) is 2.69. The Morgan fingerprint density at radius 3 is 2.78 bits per heavy atom. The molecule has 0 atom stereocenters. The molecular formula is C13H14BrClFNO. The molecule has 2 nitrogen and oxygen atoms in total. The van der Waals surface area contributed by atoms with E-state index in [4.69, 9.17) is 11.6 Å². The zero-order valence-corrected chi connectivity index (χ0v) is 12.2. The number of alkyl halides is 1. The molecule has 0 bridgehead atoms. The summed E-state index contributed by atoms with van der Waals surface area (Å²) in [6.07, 6.45) is 3.16. The van der Waals surface area contributed by atoms with Gasteiger partial charge in [0.1, 0.15) is 5.82 Å². The molecule has 0 aromatic heterocycles. The van der Waals surface area contributed by atoms with E-state index in [1.165, 1.54) is 6.07 Å². The molecule has 1 aromatic carbocycles. The van der Waals surface area contributed by atoms with Crippen molar-refractivity contribution in [3.05, 3.63) is 34.1 Å². The van der Waals surface area contributed by atoms with Crippen molar-refractivity contribution in [2.45, 2.75) is 25.3 Å². The van der Waals surface area contributed by atoms with E-state index >= 15 is 0 Å². The van der Waals surface area contributed by atoms with Gasteiger partial charge in [-0.3, -0.25) is 4.79 Å². The van der Waals surface area contributed by atoms with Gasteiger partial charge >= 0.3 is 0 Å². The third-order valence-corrected chi connectivity index (χ3v) is 4.26. The fraction of sp³-hybridized carbons (Fsp3) is 0.462. The molecule has 18 heavy (non-hydrogen) atoms. The van der Waals surface area contributed by atoms with Gasteiger partial charge in [0, 0.05) is 18.5 Å². The van der Waals surface area contributed by atoms with E-state index in [1.807, 2.05) is 0 Å². The highest BCUT2D eigenvalue weighted by Crippen LogP contribution is 2.28. The lowest BCUT2D eigenvalue weighted by Crippen LogP contribution is -2.45. The highest BCUT2D eigenvalue weighted by Gasteiger charge is 2.30. The summed E-state index contributed by atoms with van der Waals surface area (Å²) in [5.74, 6) is -0.165. The zero-order valence-electron chi connectivity index (χ0n) is 9.83. The second kappa shape index (κ2) is 6.02. The van der Waals surface area contributed by atoms with Crippen molar-refractivity contribution in [3.8, 4) is 0 Å². The highest BCUT2D eigenvalue weighted by atomic mass is 79.9. The lowest BCUT2D eigenvalue weighted by molar-refractivity contribution is 0.0596. The summed E-state index contributed by atoms with van der Waals surface area (Å²) in [6.45, 7) is 0.508. The predicted molar refractivity (Wildman–Crippen MR) is 73.5 cm³/mol. The molecule has 0 unspecified atom stereocenters. The van der Waals surface area contributed by atoms with Gasteiger partial charge in [-0.1, -0.05) is 6.07 Å². The molecule has 2 rings (SSSR count). The third-order valence-electron chi connectivity index (χ3n) is 3.28. The largest absolute Gasteiger partial charge is 0.334 e. The molecule has 1 aliphatic carbocycles. The number of hydrogen-bond acceptors (Lipinski definition) is 1. The first-order chi connectivity index (χ1) is 8.65. The van der Waals surface area contributed by atoms with Crippen molar-refractivity contribution < 1.29 is 9.18 Å². The fourth-order valence-electron chi connectivity index (χ4n) is 2.06. The summed E-state index contributed by atoms with van der Waals surface area (Å²) in [4.78, 5) is 14.2. The first-order valence-corrected chi connectivity index (χ1v) is 7.29. The van der Waals surface area contributed by atoms with Crippen LogP contribution in [0.25, 0.3) is 0 Å². The number of hydrogen-bond donors (Lipinski definition) is 0. The monoisotopic (exact) mass is 333 g/mol. The van der Waals surface area contributed by atoms with Gasteiger partial charge < -0.3 is 4.90 Å². The van der Waals surface area contributed by atoms with Crippen LogP contribution in [0, 0.1) is 5.82 Å². The second-order valence-corrected chi connectivity index (χ2v) is 5.54. The quantitative estimate of drug-likeness (QED) is 0.767. The minimum atomic E-state index is -0.416. The van der Waals surface area contributed by atoms with Crippen molar-refractivity contribution in [2.24, 2.45) is 0 Å². The van der Waals surface area contributed by atoms with Crippen LogP contribution in [0.15, 0.2) is 22.7 Å². The Hall–Kier alpha value is -0.610. The van der Waals surface area contributed by atoms with Crippen LogP contribution in [0.2, 0.25) is 0 Å². The lowest BCUT2D eigenvalue weighted by atomic mass is 9.91. The molecule has 1 aliphatic rings. The number of amides is 1. The number of rotatable bonds is 4. The van der Waals surface area contributed by atoms with E-state index in [0.717, 1.165) is 19.3 Å². The Labute approximate surface area is 119 Å². The summed E-state index contributed by atoms with van der Waals surface area (Å²) >= 11 is 8.88. The van der Waals surface area contributed by atoms with Crippen LogP contribution in [0.3, 0.4) is 0 Å². The van der Waals surface area contributed by atoms with Crippen LogP contribution in [0.1, 0.15) is 29.6 Å². The van der Waals surface area contributed by atoms with Gasteiger partial charge in [-0.25, -0.2) is 4.39 Å². The molecule has 0 aliphatic heterocycles. The van der Waals surface area contributed by atoms with Gasteiger partial charge in [-0.15, -0.1) is 11.6 Å². The van der Waals surface area contributed by atoms with Gasteiger partial charge in [0.2, 0.25) is 0 Å². The Balaban J connectivity index is 2.24. The van der Waals surface area contributed by atoms with E-state index in [-0.39, 0.29) is 16.4 Å². The van der Waals surface area contributed by atoms with E-state index in [9.17, 15) is 9.18 Å². The maximum absolute atomic E-state index is 13.4. The van der Waals surface area contributed by atoms with E-state index in [1.54, 1.807) is 17.0 Å². The average Bonchev–Trinajstić information content (AvgIpc) is 2.29. The van der Waals surface area contributed by atoms with Crippen molar-refractivity contribution in [3.63, 3.8) is 0 Å². The van der Waals surface area contributed by atoms with Crippen molar-refractivity contribution >= 4 is 33.4 Å². The van der Waals surface area contributed by atoms with Crippen molar-refractivity contribution in [1.29, 1.82) is 0 Å². The number of carbonyl (C=O) groups is 1. The minimum Gasteiger partial charge on any atom is -0.334 e. The molecule has 1 saturated carbocycles. The molecule has 1 amide bonds. The fourth-order valence-corrected chi connectivity index (χ4v) is 2.68. The number of carbonyl (C=O) groups excluding carboxylic acids is 1. The molecule has 98 valence electrons. The summed E-state index contributed by atoms with van der Waals surface area (Å²) in [5, 5.41) is 0. The zero-order chi connectivity index (χ0) is 13.1. The number of benzene rings is 1. The first kappa shape index (κ1) is 13.8. The van der Waals surface area contributed by atoms with Crippen LogP contribution in [-0.4, -0.2) is 29.3 Å². The summed E-state index contributed by atoms with van der Waals surface area (Å²) in [6, 6.07) is 4.77. The Morgan fingerprint density at radius 1 is 1.50 bits per heavy atom.